The first-order valence-electron chi connectivity index (χ1n) is 11.9. The lowest BCUT2D eigenvalue weighted by atomic mass is 10.1. The zero-order valence-corrected chi connectivity index (χ0v) is 24.5. The van der Waals surface area contributed by atoms with Gasteiger partial charge in [0.25, 0.3) is 5.56 Å². The van der Waals surface area contributed by atoms with Gasteiger partial charge >= 0.3 is 5.97 Å². The second kappa shape index (κ2) is 12.5. The van der Waals surface area contributed by atoms with Crippen LogP contribution in [0.25, 0.3) is 10.9 Å². The van der Waals surface area contributed by atoms with Crippen molar-refractivity contribution in [1.82, 2.24) is 9.66 Å². The smallest absolute Gasteiger partial charge is 0.335 e. The van der Waals surface area contributed by atoms with Gasteiger partial charge in [-0.3, -0.25) is 4.79 Å². The molecule has 10 heteroatoms. The summed E-state index contributed by atoms with van der Waals surface area (Å²) in [6, 6.07) is 15.7. The van der Waals surface area contributed by atoms with Crippen LogP contribution in [0.3, 0.4) is 0 Å². The highest BCUT2D eigenvalue weighted by Gasteiger charge is 2.14. The molecule has 0 aliphatic carbocycles. The average Bonchev–Trinajstić information content (AvgIpc) is 2.91. The standard InChI is InChI=1S/C28H25BrIN3O5/c1-3-4-8-25-32-23-10-9-20(29)14-21(23)27(34)33(25)31-15-18-12-22(30)26(24(13-18)37-2)38-16-17-6-5-7-19(11-17)28(35)36/h5-7,9-15H,3-4,8,16H2,1-2H3,(H,35,36). The summed E-state index contributed by atoms with van der Waals surface area (Å²) >= 11 is 5.58. The highest BCUT2D eigenvalue weighted by atomic mass is 127. The fraction of sp³-hybridized carbons (Fsp3) is 0.214. The van der Waals surface area contributed by atoms with Gasteiger partial charge in [-0.15, -0.1) is 0 Å². The normalized spacial score (nSPS) is 11.3. The molecule has 0 unspecified atom stereocenters. The van der Waals surface area contributed by atoms with Crippen LogP contribution in [0.1, 0.15) is 47.1 Å². The molecule has 38 heavy (non-hydrogen) atoms. The molecule has 4 aromatic rings. The van der Waals surface area contributed by atoms with E-state index in [4.69, 9.17) is 14.5 Å². The monoisotopic (exact) mass is 689 g/mol. The van der Waals surface area contributed by atoms with Gasteiger partial charge in [-0.2, -0.15) is 9.78 Å². The number of ether oxygens (including phenoxy) is 2. The molecule has 0 aliphatic rings. The Hall–Kier alpha value is -3.25. The molecule has 0 saturated carbocycles. The summed E-state index contributed by atoms with van der Waals surface area (Å²) < 4.78 is 14.5. The summed E-state index contributed by atoms with van der Waals surface area (Å²) in [5.41, 5.74) is 2.05. The van der Waals surface area contributed by atoms with Crippen molar-refractivity contribution in [2.24, 2.45) is 5.10 Å². The van der Waals surface area contributed by atoms with Crippen molar-refractivity contribution < 1.29 is 19.4 Å². The number of carbonyl (C=O) groups is 1. The predicted molar refractivity (Wildman–Crippen MR) is 159 cm³/mol. The SMILES string of the molecule is CCCCc1nc2ccc(Br)cc2c(=O)n1N=Cc1cc(I)c(OCc2cccc(C(=O)O)c2)c(OC)c1. The molecule has 3 aromatic carbocycles. The Morgan fingerprint density at radius 1 is 1.21 bits per heavy atom. The molecule has 1 aromatic heterocycles. The molecule has 0 radical (unpaired) electrons. The minimum Gasteiger partial charge on any atom is -0.493 e. The van der Waals surface area contributed by atoms with Crippen LogP contribution in [-0.4, -0.2) is 34.1 Å². The van der Waals surface area contributed by atoms with E-state index in [1.165, 1.54) is 10.7 Å². The molecule has 4 rings (SSSR count). The molecule has 0 amide bonds. The van der Waals surface area contributed by atoms with Gasteiger partial charge in [-0.05, 0) is 82.6 Å². The molecule has 0 bridgehead atoms. The maximum Gasteiger partial charge on any atom is 0.335 e. The molecule has 0 aliphatic heterocycles. The summed E-state index contributed by atoms with van der Waals surface area (Å²) in [5, 5.41) is 14.2. The van der Waals surface area contributed by atoms with Crippen molar-refractivity contribution in [3.8, 4) is 11.5 Å². The third-order valence-electron chi connectivity index (χ3n) is 5.76. The summed E-state index contributed by atoms with van der Waals surface area (Å²) in [5.74, 6) is 0.637. The van der Waals surface area contributed by atoms with Crippen LogP contribution in [0.15, 0.2) is 69.0 Å². The van der Waals surface area contributed by atoms with Gasteiger partial charge in [-0.1, -0.05) is 41.4 Å². The van der Waals surface area contributed by atoms with Gasteiger partial charge in [-0.25, -0.2) is 9.78 Å². The van der Waals surface area contributed by atoms with Crippen LogP contribution >= 0.6 is 38.5 Å². The second-order valence-corrected chi connectivity index (χ2v) is 10.6. The molecule has 0 fully saturated rings. The highest BCUT2D eigenvalue weighted by molar-refractivity contribution is 14.1. The Morgan fingerprint density at radius 2 is 2.03 bits per heavy atom. The van der Waals surface area contributed by atoms with E-state index in [9.17, 15) is 14.7 Å². The minimum absolute atomic E-state index is 0.176. The van der Waals surface area contributed by atoms with Crippen molar-refractivity contribution >= 4 is 61.6 Å². The number of nitrogens with zero attached hydrogens (tertiary/aromatic N) is 3. The number of methoxy groups -OCH3 is 1. The van der Waals surface area contributed by atoms with Crippen LogP contribution < -0.4 is 15.0 Å². The zero-order valence-electron chi connectivity index (χ0n) is 20.8. The van der Waals surface area contributed by atoms with E-state index >= 15 is 0 Å². The number of benzene rings is 3. The minimum atomic E-state index is -0.992. The van der Waals surface area contributed by atoms with Gasteiger partial charge < -0.3 is 14.6 Å². The van der Waals surface area contributed by atoms with E-state index < -0.39 is 5.97 Å². The van der Waals surface area contributed by atoms with Crippen molar-refractivity contribution in [2.45, 2.75) is 32.8 Å². The number of hydrogen-bond acceptors (Lipinski definition) is 6. The third-order valence-corrected chi connectivity index (χ3v) is 7.06. The lowest BCUT2D eigenvalue weighted by Crippen LogP contribution is -2.22. The molecular formula is C28H25BrIN3O5. The van der Waals surface area contributed by atoms with Crippen LogP contribution in [0.5, 0.6) is 11.5 Å². The third kappa shape index (κ3) is 6.41. The van der Waals surface area contributed by atoms with Gasteiger partial charge in [0.05, 0.1) is 33.4 Å². The highest BCUT2D eigenvalue weighted by Crippen LogP contribution is 2.34. The lowest BCUT2D eigenvalue weighted by Gasteiger charge is -2.14. The Balaban J connectivity index is 1.65. The largest absolute Gasteiger partial charge is 0.493 e. The van der Waals surface area contributed by atoms with E-state index in [0.29, 0.717) is 40.2 Å². The fourth-order valence-corrected chi connectivity index (χ4v) is 4.98. The summed E-state index contributed by atoms with van der Waals surface area (Å²) in [4.78, 5) is 29.3. The molecule has 1 N–H and O–H groups in total. The molecule has 1 heterocycles. The lowest BCUT2D eigenvalue weighted by molar-refractivity contribution is 0.0696. The Morgan fingerprint density at radius 3 is 2.76 bits per heavy atom. The molecular weight excluding hydrogens is 665 g/mol. The van der Waals surface area contributed by atoms with Crippen LogP contribution in [0.4, 0.5) is 0 Å². The number of carboxylic acids is 1. The number of aryl methyl sites for hydroxylation is 1. The first kappa shape index (κ1) is 27.8. The molecule has 8 nitrogen and oxygen atoms in total. The molecule has 0 atom stereocenters. The maximum absolute atomic E-state index is 13.3. The van der Waals surface area contributed by atoms with E-state index in [1.807, 2.05) is 18.2 Å². The van der Waals surface area contributed by atoms with Gasteiger partial charge in [0, 0.05) is 10.9 Å². The number of aromatic nitrogens is 2. The first-order valence-corrected chi connectivity index (χ1v) is 13.8. The van der Waals surface area contributed by atoms with Gasteiger partial charge in [0.1, 0.15) is 12.4 Å². The predicted octanol–water partition coefficient (Wildman–Crippen LogP) is 6.27. The number of unbranched alkanes of at least 4 members (excludes halogenated alkanes) is 1. The topological polar surface area (TPSA) is 103 Å². The number of aromatic carboxylic acids is 1. The Bertz CT molecular complexity index is 1590. The Kier molecular flexibility index (Phi) is 9.16. The van der Waals surface area contributed by atoms with Crippen molar-refractivity contribution in [2.75, 3.05) is 7.11 Å². The number of carboxylic acid groups (broad SMARTS) is 1. The first-order chi connectivity index (χ1) is 18.3. The van der Waals surface area contributed by atoms with Crippen LogP contribution in [0, 0.1) is 3.57 Å². The molecule has 196 valence electrons. The summed E-state index contributed by atoms with van der Waals surface area (Å²) in [6.07, 6.45) is 4.09. The molecule has 0 saturated heterocycles. The van der Waals surface area contributed by atoms with E-state index in [-0.39, 0.29) is 17.7 Å². The number of fused-ring (bicyclic) bond motifs is 1. The van der Waals surface area contributed by atoms with Gasteiger partial charge in [0.15, 0.2) is 11.5 Å². The average molecular weight is 690 g/mol. The van der Waals surface area contributed by atoms with Crippen molar-refractivity contribution in [3.63, 3.8) is 0 Å². The number of rotatable bonds is 10. The maximum atomic E-state index is 13.3. The van der Waals surface area contributed by atoms with E-state index in [0.717, 1.165) is 26.4 Å². The van der Waals surface area contributed by atoms with Crippen molar-refractivity contribution in [1.29, 1.82) is 0 Å². The fourth-order valence-electron chi connectivity index (χ4n) is 3.84. The van der Waals surface area contributed by atoms with E-state index in [2.05, 4.69) is 50.5 Å². The second-order valence-electron chi connectivity index (χ2n) is 8.48. The Labute approximate surface area is 241 Å². The molecule has 0 spiro atoms. The van der Waals surface area contributed by atoms with E-state index in [1.54, 1.807) is 43.7 Å². The number of halogens is 2. The zero-order chi connectivity index (χ0) is 27.2. The van der Waals surface area contributed by atoms with Crippen LogP contribution in [0.2, 0.25) is 0 Å². The van der Waals surface area contributed by atoms with Crippen LogP contribution in [-0.2, 0) is 13.0 Å². The summed E-state index contributed by atoms with van der Waals surface area (Å²) in [7, 11) is 1.54. The quantitative estimate of drug-likeness (QED) is 0.156. The number of hydrogen-bond donors (Lipinski definition) is 1. The van der Waals surface area contributed by atoms with Crippen molar-refractivity contribution in [3.05, 3.63) is 95.5 Å². The summed E-state index contributed by atoms with van der Waals surface area (Å²) in [6.45, 7) is 2.26. The van der Waals surface area contributed by atoms with Gasteiger partial charge in [0.2, 0.25) is 0 Å².